The number of nitrogens with zero attached hydrogens (tertiary/aromatic N) is 2. The van der Waals surface area contributed by atoms with Crippen molar-refractivity contribution in [3.05, 3.63) is 106 Å². The van der Waals surface area contributed by atoms with Crippen molar-refractivity contribution in [2.45, 2.75) is 45.7 Å². The van der Waals surface area contributed by atoms with E-state index in [1.54, 1.807) is 31.2 Å². The van der Waals surface area contributed by atoms with E-state index in [2.05, 4.69) is 16.8 Å². The fraction of sp³-hybridized carbons (Fsp3) is 0.258. The number of esters is 1. The molecule has 3 aromatic rings. The number of carbonyl (C=O) groups is 2. The van der Waals surface area contributed by atoms with Crippen LogP contribution < -0.4 is 34.7 Å². The molecule has 196 valence electrons. The zero-order valence-electron chi connectivity index (χ0n) is 22.5. The fourth-order valence-corrected chi connectivity index (χ4v) is 4.94. The summed E-state index contributed by atoms with van der Waals surface area (Å²) in [7, 11) is 0. The van der Waals surface area contributed by atoms with Gasteiger partial charge in [-0.2, -0.15) is 0 Å². The second kappa shape index (κ2) is 14.5. The second-order valence-corrected chi connectivity index (χ2v) is 9.39. The molecule has 1 aliphatic heterocycles. The molecule has 0 bridgehead atoms. The minimum absolute atomic E-state index is 0. The Balaban J connectivity index is 0.00000420. The van der Waals surface area contributed by atoms with Crippen LogP contribution in [0.4, 0.5) is 0 Å². The first-order chi connectivity index (χ1) is 18.4. The first-order valence-electron chi connectivity index (χ1n) is 12.8. The third-order valence-corrected chi connectivity index (χ3v) is 6.78. The fourth-order valence-electron chi connectivity index (χ4n) is 4.66. The van der Waals surface area contributed by atoms with Crippen LogP contribution in [0.2, 0.25) is 0 Å². The summed E-state index contributed by atoms with van der Waals surface area (Å²) in [6, 6.07) is 23.8. The van der Waals surface area contributed by atoms with E-state index in [-0.39, 0.29) is 46.9 Å². The molecular weight excluding hydrogens is 523 g/mol. The molecule has 6 nitrogen and oxygen atoms in total. The Morgan fingerprint density at radius 1 is 0.974 bits per heavy atom. The molecule has 1 unspecified atom stereocenters. The standard InChI is InChI=1S/C31H31ClN2O4.Na/c1-3-5-15-26-33-29(32)27(31(37)38-4-2)28(23-11-7-6-8-12-23)34(26)20-21-16-18-22(19-17-21)24-13-9-10-14-25(24)30(35)36;/h6-14,16-19,28H,3-5,15,20H2,1-2H3,(H,35,36);/q;+1/p-1. The van der Waals surface area contributed by atoms with Crippen molar-refractivity contribution in [2.24, 2.45) is 4.99 Å². The maximum absolute atomic E-state index is 13.1. The molecular formula is C31H30ClN2NaO4. The van der Waals surface area contributed by atoms with Gasteiger partial charge in [-0.3, -0.25) is 0 Å². The Labute approximate surface area is 256 Å². The number of carboxylic acids is 1. The summed E-state index contributed by atoms with van der Waals surface area (Å²) in [5, 5.41) is 11.8. The van der Waals surface area contributed by atoms with Gasteiger partial charge >= 0.3 is 35.5 Å². The van der Waals surface area contributed by atoms with Crippen LogP contribution in [0.3, 0.4) is 0 Å². The summed E-state index contributed by atoms with van der Waals surface area (Å²) in [5.74, 6) is -0.885. The van der Waals surface area contributed by atoms with Gasteiger partial charge in [0.25, 0.3) is 0 Å². The Kier molecular flexibility index (Phi) is 11.4. The molecule has 1 heterocycles. The average Bonchev–Trinajstić information content (AvgIpc) is 2.93. The molecule has 0 radical (unpaired) electrons. The van der Waals surface area contributed by atoms with Crippen molar-refractivity contribution < 1.29 is 49.0 Å². The molecule has 0 spiro atoms. The number of ether oxygens (including phenoxy) is 1. The van der Waals surface area contributed by atoms with Gasteiger partial charge in [0.1, 0.15) is 16.6 Å². The number of benzene rings is 3. The van der Waals surface area contributed by atoms with Crippen molar-refractivity contribution in [1.29, 1.82) is 0 Å². The molecule has 3 aromatic carbocycles. The van der Waals surface area contributed by atoms with Crippen LogP contribution in [0.1, 0.15) is 60.6 Å². The molecule has 1 atom stereocenters. The Morgan fingerprint density at radius 2 is 1.64 bits per heavy atom. The number of aromatic carboxylic acids is 1. The number of unbranched alkanes of at least 4 members (excludes halogenated alkanes) is 1. The van der Waals surface area contributed by atoms with E-state index < -0.39 is 18.0 Å². The second-order valence-electron chi connectivity index (χ2n) is 9.03. The van der Waals surface area contributed by atoms with Gasteiger partial charge in [0.2, 0.25) is 0 Å². The number of hydrogen-bond donors (Lipinski definition) is 0. The Morgan fingerprint density at radius 3 is 2.28 bits per heavy atom. The van der Waals surface area contributed by atoms with Gasteiger partial charge in [-0.15, -0.1) is 0 Å². The molecule has 1 aliphatic rings. The predicted octanol–water partition coefficient (Wildman–Crippen LogP) is 2.88. The first kappa shape index (κ1) is 30.6. The SMILES string of the molecule is CCCCC1=NC(Cl)=C(C(=O)OCC)C(c2ccccc2)N1Cc1ccc(-c2ccccc2C(=O)[O-])cc1.[Na+]. The molecule has 0 aromatic heterocycles. The summed E-state index contributed by atoms with van der Waals surface area (Å²) < 4.78 is 5.38. The van der Waals surface area contributed by atoms with Gasteiger partial charge in [0.15, 0.2) is 0 Å². The van der Waals surface area contributed by atoms with Crippen LogP contribution >= 0.6 is 11.6 Å². The topological polar surface area (TPSA) is 82.0 Å². The number of hydrogen-bond acceptors (Lipinski definition) is 6. The van der Waals surface area contributed by atoms with Crippen molar-refractivity contribution >= 4 is 29.4 Å². The number of carbonyl (C=O) groups excluding carboxylic acids is 2. The Hall–Kier alpha value is -2.90. The van der Waals surface area contributed by atoms with Gasteiger partial charge in [-0.05, 0) is 35.6 Å². The van der Waals surface area contributed by atoms with Crippen LogP contribution in [0, 0.1) is 0 Å². The zero-order valence-corrected chi connectivity index (χ0v) is 25.3. The van der Waals surface area contributed by atoms with E-state index >= 15 is 0 Å². The zero-order chi connectivity index (χ0) is 27.1. The van der Waals surface area contributed by atoms with Crippen molar-refractivity contribution in [3.8, 4) is 11.1 Å². The third-order valence-electron chi connectivity index (χ3n) is 6.50. The third kappa shape index (κ3) is 7.20. The summed E-state index contributed by atoms with van der Waals surface area (Å²) in [4.78, 5) is 31.5. The van der Waals surface area contributed by atoms with Gasteiger partial charge in [-0.25, -0.2) is 9.79 Å². The van der Waals surface area contributed by atoms with E-state index in [1.807, 2.05) is 54.6 Å². The molecule has 8 heteroatoms. The molecule has 0 N–H and O–H groups in total. The molecule has 0 fully saturated rings. The maximum atomic E-state index is 13.1. The minimum atomic E-state index is -1.21. The molecule has 0 aliphatic carbocycles. The van der Waals surface area contributed by atoms with Gasteiger partial charge in [0.05, 0.1) is 18.6 Å². The normalized spacial score (nSPS) is 14.9. The van der Waals surface area contributed by atoms with Crippen molar-refractivity contribution in [1.82, 2.24) is 4.90 Å². The smallest absolute Gasteiger partial charge is 0.545 e. The predicted molar refractivity (Wildman–Crippen MR) is 147 cm³/mol. The number of rotatable bonds is 10. The maximum Gasteiger partial charge on any atom is 1.00 e. The first-order valence-corrected chi connectivity index (χ1v) is 13.2. The number of halogens is 1. The molecule has 0 saturated heterocycles. The van der Waals surface area contributed by atoms with Crippen LogP contribution in [0.15, 0.2) is 94.6 Å². The molecule has 0 saturated carbocycles. The Bertz CT molecular complexity index is 1360. The summed E-state index contributed by atoms with van der Waals surface area (Å²) in [6.45, 7) is 4.58. The molecule has 39 heavy (non-hydrogen) atoms. The number of amidine groups is 1. The number of aliphatic imine (C=N–C) groups is 1. The largest absolute Gasteiger partial charge is 1.00 e. The van der Waals surface area contributed by atoms with Crippen LogP contribution in [0.25, 0.3) is 11.1 Å². The van der Waals surface area contributed by atoms with Gasteiger partial charge in [-0.1, -0.05) is 104 Å². The van der Waals surface area contributed by atoms with E-state index in [4.69, 9.17) is 16.3 Å². The van der Waals surface area contributed by atoms with Crippen LogP contribution in [0.5, 0.6) is 0 Å². The summed E-state index contributed by atoms with van der Waals surface area (Å²) in [5.41, 5.74) is 3.74. The van der Waals surface area contributed by atoms with E-state index in [9.17, 15) is 14.7 Å². The van der Waals surface area contributed by atoms with E-state index in [1.165, 1.54) is 0 Å². The van der Waals surface area contributed by atoms with Crippen molar-refractivity contribution in [3.63, 3.8) is 0 Å². The van der Waals surface area contributed by atoms with E-state index in [0.717, 1.165) is 35.4 Å². The van der Waals surface area contributed by atoms with E-state index in [0.29, 0.717) is 24.1 Å². The van der Waals surface area contributed by atoms with Gasteiger partial charge in [0, 0.05) is 18.5 Å². The summed E-state index contributed by atoms with van der Waals surface area (Å²) >= 11 is 6.64. The summed E-state index contributed by atoms with van der Waals surface area (Å²) in [6.07, 6.45) is 2.62. The minimum Gasteiger partial charge on any atom is -0.545 e. The quantitative estimate of drug-likeness (QED) is 0.219. The number of carboxylic acid groups (broad SMARTS) is 1. The van der Waals surface area contributed by atoms with Crippen LogP contribution in [-0.4, -0.2) is 29.3 Å². The molecule has 0 amide bonds. The van der Waals surface area contributed by atoms with Gasteiger partial charge < -0.3 is 19.5 Å². The average molecular weight is 553 g/mol. The van der Waals surface area contributed by atoms with Crippen molar-refractivity contribution in [2.75, 3.05) is 6.61 Å². The van der Waals surface area contributed by atoms with Crippen LogP contribution in [-0.2, 0) is 16.1 Å². The molecule has 4 rings (SSSR count). The monoisotopic (exact) mass is 552 g/mol.